The van der Waals surface area contributed by atoms with Gasteiger partial charge < -0.3 is 20.3 Å². The molecule has 11 heteroatoms. The lowest BCUT2D eigenvalue weighted by atomic mass is 9.83. The number of rotatable bonds is 7. The Bertz CT molecular complexity index is 1220. The minimum atomic E-state index is 0.399. The van der Waals surface area contributed by atoms with E-state index in [9.17, 15) is 0 Å². The highest BCUT2D eigenvalue weighted by Crippen LogP contribution is 2.32. The van der Waals surface area contributed by atoms with E-state index in [-0.39, 0.29) is 0 Å². The Morgan fingerprint density at radius 1 is 1.17 bits per heavy atom. The summed E-state index contributed by atoms with van der Waals surface area (Å²) < 4.78 is 7.09. The number of aryl methyl sites for hydroxylation is 1. The first-order chi connectivity index (χ1) is 17.1. The molecular weight excluding hydrogens is 444 g/mol. The average Bonchev–Trinajstić information content (AvgIpc) is 3.33. The quantitative estimate of drug-likeness (QED) is 0.495. The van der Waals surface area contributed by atoms with Crippen LogP contribution in [0.2, 0.25) is 0 Å². The van der Waals surface area contributed by atoms with E-state index in [2.05, 4.69) is 45.9 Å². The number of benzene rings is 1. The van der Waals surface area contributed by atoms with Crippen LogP contribution in [0.3, 0.4) is 0 Å². The summed E-state index contributed by atoms with van der Waals surface area (Å²) in [4.78, 5) is 15.3. The zero-order chi connectivity index (χ0) is 24.2. The number of tetrazole rings is 1. The van der Waals surface area contributed by atoms with Crippen LogP contribution in [0, 0.1) is 19.4 Å². The number of methoxy groups -OCH3 is 1. The minimum absolute atomic E-state index is 0.399. The lowest BCUT2D eigenvalue weighted by Crippen LogP contribution is -2.49. The summed E-state index contributed by atoms with van der Waals surface area (Å²) in [6, 6.07) is 6.22. The molecule has 5 rings (SSSR count). The molecule has 2 N–H and O–H groups in total. The fourth-order valence-electron chi connectivity index (χ4n) is 5.19. The van der Waals surface area contributed by atoms with Crippen molar-refractivity contribution in [2.75, 3.05) is 37.4 Å². The summed E-state index contributed by atoms with van der Waals surface area (Å²) in [5.41, 5.74) is 1.89. The summed E-state index contributed by atoms with van der Waals surface area (Å²) in [7, 11) is 1.61. The first kappa shape index (κ1) is 23.0. The fourth-order valence-corrected chi connectivity index (χ4v) is 5.19. The summed E-state index contributed by atoms with van der Waals surface area (Å²) in [6.45, 7) is 12.6. The Labute approximate surface area is 204 Å². The zero-order valence-electron chi connectivity index (χ0n) is 20.1. The number of piperidine rings is 2. The highest BCUT2D eigenvalue weighted by Gasteiger charge is 2.32. The van der Waals surface area contributed by atoms with Gasteiger partial charge in [0.15, 0.2) is 5.82 Å². The summed E-state index contributed by atoms with van der Waals surface area (Å²) in [5, 5.41) is 18.4. The Morgan fingerprint density at radius 2 is 2.06 bits per heavy atom. The average molecular weight is 475 g/mol. The van der Waals surface area contributed by atoms with Gasteiger partial charge in [0, 0.05) is 36.6 Å². The van der Waals surface area contributed by atoms with Crippen LogP contribution < -0.4 is 15.4 Å². The normalized spacial score (nSPS) is 20.0. The lowest BCUT2D eigenvalue weighted by Gasteiger charge is -2.44. The number of hydrogen-bond donors (Lipinski definition) is 2. The molecular formula is C24H30N10O. The molecule has 182 valence electrons. The van der Waals surface area contributed by atoms with Crippen LogP contribution in [-0.2, 0) is 0 Å². The maximum absolute atomic E-state index is 7.57. The third-order valence-electron chi connectivity index (χ3n) is 6.90. The van der Waals surface area contributed by atoms with Crippen LogP contribution in [0.4, 0.5) is 23.1 Å². The monoisotopic (exact) mass is 474 g/mol. The van der Waals surface area contributed by atoms with Gasteiger partial charge in [-0.2, -0.15) is 4.68 Å². The standard InChI is InChI=1S/C24H30N10O/c1-16-30-31-32-34(16)19-11-18(12-20(13-19)35-3)28-24-27-15-21(25-2)23(29-24)26-14-17-7-6-10-33-9-5-4-8-22(17)33/h11-13,15,17,22H,4-10,14H2,1,3H3,(H2,26,27,28,29)/t17-,22+/m0/s1. The van der Waals surface area contributed by atoms with E-state index in [1.165, 1.54) is 45.2 Å². The molecule has 0 radical (unpaired) electrons. The number of hydrogen-bond acceptors (Lipinski definition) is 9. The van der Waals surface area contributed by atoms with Gasteiger partial charge in [0.05, 0.1) is 19.4 Å². The van der Waals surface area contributed by atoms with Crippen molar-refractivity contribution in [2.24, 2.45) is 5.92 Å². The smallest absolute Gasteiger partial charge is 0.246 e. The van der Waals surface area contributed by atoms with Gasteiger partial charge in [0.25, 0.3) is 0 Å². The molecule has 35 heavy (non-hydrogen) atoms. The number of aromatic nitrogens is 6. The summed E-state index contributed by atoms with van der Waals surface area (Å²) in [6.07, 6.45) is 7.87. The van der Waals surface area contributed by atoms with Gasteiger partial charge in [0.1, 0.15) is 11.6 Å². The number of anilines is 3. The third-order valence-corrected chi connectivity index (χ3v) is 6.90. The van der Waals surface area contributed by atoms with Crippen molar-refractivity contribution in [1.82, 2.24) is 35.1 Å². The minimum Gasteiger partial charge on any atom is -0.497 e. The molecule has 0 bridgehead atoms. The number of nitrogens with one attached hydrogen (secondary N) is 2. The SMILES string of the molecule is [C-]#[N+]c1cnc(Nc2cc(OC)cc(-n3nnnc3C)c2)nc1NC[C@@H]1CCCN2CCCC[C@H]12. The molecule has 2 atom stereocenters. The molecule has 3 aromatic rings. The molecule has 0 unspecified atom stereocenters. The van der Waals surface area contributed by atoms with Gasteiger partial charge in [-0.25, -0.2) is 14.8 Å². The molecule has 2 aromatic heterocycles. The predicted molar refractivity (Wildman–Crippen MR) is 132 cm³/mol. The molecule has 2 saturated heterocycles. The van der Waals surface area contributed by atoms with Crippen molar-refractivity contribution in [2.45, 2.75) is 45.1 Å². The van der Waals surface area contributed by atoms with Gasteiger partial charge in [-0.15, -0.1) is 5.10 Å². The van der Waals surface area contributed by atoms with Crippen LogP contribution >= 0.6 is 0 Å². The maximum atomic E-state index is 7.57. The predicted octanol–water partition coefficient (Wildman–Crippen LogP) is 3.74. The van der Waals surface area contributed by atoms with E-state index in [0.29, 0.717) is 41.0 Å². The molecule has 0 amide bonds. The highest BCUT2D eigenvalue weighted by molar-refractivity contribution is 5.68. The zero-order valence-corrected chi connectivity index (χ0v) is 20.1. The van der Waals surface area contributed by atoms with E-state index < -0.39 is 0 Å². The van der Waals surface area contributed by atoms with Gasteiger partial charge >= 0.3 is 0 Å². The van der Waals surface area contributed by atoms with Crippen LogP contribution in [-0.4, -0.2) is 67.9 Å². The molecule has 11 nitrogen and oxygen atoms in total. The van der Waals surface area contributed by atoms with Gasteiger partial charge in [-0.3, -0.25) is 0 Å². The van der Waals surface area contributed by atoms with Gasteiger partial charge in [0.2, 0.25) is 11.6 Å². The van der Waals surface area contributed by atoms with Crippen molar-refractivity contribution in [3.8, 4) is 11.4 Å². The Kier molecular flexibility index (Phi) is 6.72. The Morgan fingerprint density at radius 3 is 2.86 bits per heavy atom. The lowest BCUT2D eigenvalue weighted by molar-refractivity contribution is 0.0649. The largest absolute Gasteiger partial charge is 0.497 e. The first-order valence-corrected chi connectivity index (χ1v) is 12.1. The number of nitrogens with zero attached hydrogens (tertiary/aromatic N) is 8. The Hall–Kier alpha value is -3.78. The third kappa shape index (κ3) is 5.02. The van der Waals surface area contributed by atoms with Crippen LogP contribution in [0.15, 0.2) is 24.4 Å². The molecule has 2 aliphatic rings. The topological polar surface area (TPSA) is 110 Å². The van der Waals surface area contributed by atoms with Gasteiger partial charge in [-0.1, -0.05) is 6.42 Å². The first-order valence-electron chi connectivity index (χ1n) is 12.1. The molecule has 4 heterocycles. The van der Waals surface area contributed by atoms with E-state index in [4.69, 9.17) is 11.3 Å². The van der Waals surface area contributed by atoms with Crippen LogP contribution in [0.5, 0.6) is 5.75 Å². The van der Waals surface area contributed by atoms with E-state index >= 15 is 0 Å². The van der Waals surface area contributed by atoms with Crippen LogP contribution in [0.25, 0.3) is 10.5 Å². The van der Waals surface area contributed by atoms with Crippen molar-refractivity contribution in [3.05, 3.63) is 41.6 Å². The van der Waals surface area contributed by atoms with Gasteiger partial charge in [-0.05, 0) is 68.1 Å². The summed E-state index contributed by atoms with van der Waals surface area (Å²) >= 11 is 0. The van der Waals surface area contributed by atoms with E-state index in [1.54, 1.807) is 18.0 Å². The summed E-state index contributed by atoms with van der Waals surface area (Å²) in [5.74, 6) is 2.83. The van der Waals surface area contributed by atoms with E-state index in [1.807, 2.05) is 25.1 Å². The van der Waals surface area contributed by atoms with Crippen LogP contribution in [0.1, 0.15) is 37.9 Å². The molecule has 2 fully saturated rings. The number of ether oxygens (including phenoxy) is 1. The number of fused-ring (bicyclic) bond motifs is 1. The molecule has 2 aliphatic heterocycles. The second-order valence-corrected chi connectivity index (χ2v) is 9.10. The molecule has 0 saturated carbocycles. The molecule has 0 aliphatic carbocycles. The van der Waals surface area contributed by atoms with Crippen molar-refractivity contribution in [3.63, 3.8) is 0 Å². The second-order valence-electron chi connectivity index (χ2n) is 9.10. The van der Waals surface area contributed by atoms with E-state index in [0.717, 1.165) is 17.9 Å². The maximum Gasteiger partial charge on any atom is 0.246 e. The van der Waals surface area contributed by atoms with Crippen molar-refractivity contribution >= 4 is 23.1 Å². The molecule has 0 spiro atoms. The highest BCUT2D eigenvalue weighted by atomic mass is 16.5. The molecule has 1 aromatic carbocycles. The van der Waals surface area contributed by atoms with Crippen molar-refractivity contribution in [1.29, 1.82) is 0 Å². The fraction of sp³-hybridized carbons (Fsp3) is 0.500. The second kappa shape index (κ2) is 10.2. The van der Waals surface area contributed by atoms with Crippen molar-refractivity contribution < 1.29 is 4.74 Å². The Balaban J connectivity index is 1.34.